The van der Waals surface area contributed by atoms with Crippen LogP contribution < -0.4 is 20.1 Å². The van der Waals surface area contributed by atoms with Crippen LogP contribution in [0.1, 0.15) is 27.6 Å². The van der Waals surface area contributed by atoms with E-state index in [0.717, 1.165) is 0 Å². The van der Waals surface area contributed by atoms with Crippen LogP contribution in [0.2, 0.25) is 10.0 Å². The third kappa shape index (κ3) is 5.78. The summed E-state index contributed by atoms with van der Waals surface area (Å²) in [6.45, 7) is 2.65. The summed E-state index contributed by atoms with van der Waals surface area (Å²) in [5.41, 5.74) is 0.729. The van der Waals surface area contributed by atoms with E-state index in [-0.39, 0.29) is 17.7 Å². The van der Waals surface area contributed by atoms with Crippen molar-refractivity contribution < 1.29 is 19.1 Å². The van der Waals surface area contributed by atoms with Gasteiger partial charge >= 0.3 is 0 Å². The molecule has 2 aromatic carbocycles. The number of methoxy groups -OCH3 is 2. The predicted octanol–water partition coefficient (Wildman–Crippen LogP) is 3.81. The highest BCUT2D eigenvalue weighted by Gasteiger charge is 2.15. The van der Waals surface area contributed by atoms with Crippen LogP contribution in [0.15, 0.2) is 36.4 Å². The molecule has 2 aromatic rings. The molecule has 28 heavy (non-hydrogen) atoms. The summed E-state index contributed by atoms with van der Waals surface area (Å²) in [4.78, 5) is 24.6. The van der Waals surface area contributed by atoms with Gasteiger partial charge in [-0.2, -0.15) is 0 Å². The molecule has 6 nitrogen and oxygen atoms in total. The van der Waals surface area contributed by atoms with Crippen molar-refractivity contribution in [3.63, 3.8) is 0 Å². The van der Waals surface area contributed by atoms with Gasteiger partial charge < -0.3 is 20.1 Å². The zero-order valence-corrected chi connectivity index (χ0v) is 17.4. The van der Waals surface area contributed by atoms with Crippen LogP contribution in [-0.2, 0) is 0 Å². The number of carbonyl (C=O) groups is 2. The molecule has 2 N–H and O–H groups in total. The van der Waals surface area contributed by atoms with Gasteiger partial charge in [-0.1, -0.05) is 30.1 Å². The molecule has 0 spiro atoms. The van der Waals surface area contributed by atoms with E-state index in [4.69, 9.17) is 32.7 Å². The van der Waals surface area contributed by atoms with Gasteiger partial charge in [-0.15, -0.1) is 0 Å². The number of nitrogens with one attached hydrogen (secondary N) is 2. The molecule has 150 valence electrons. The first-order valence-corrected chi connectivity index (χ1v) is 9.34. The topological polar surface area (TPSA) is 76.7 Å². The quantitative estimate of drug-likeness (QED) is 0.675. The van der Waals surface area contributed by atoms with Crippen molar-refractivity contribution in [2.45, 2.75) is 6.92 Å². The second-order valence-electron chi connectivity index (χ2n) is 6.22. The molecule has 0 saturated heterocycles. The van der Waals surface area contributed by atoms with E-state index in [0.29, 0.717) is 45.8 Å². The standard InChI is InChI=1S/C20H22Cl2N2O4/c1-12(10-23-19(25)15-6-4-13(27-2)8-17(15)21)11-24-20(26)16-7-5-14(28-3)9-18(16)22/h4-9,12H,10-11H2,1-3H3,(H,23,25)(H,24,26). The van der Waals surface area contributed by atoms with Crippen molar-refractivity contribution in [3.8, 4) is 11.5 Å². The van der Waals surface area contributed by atoms with E-state index >= 15 is 0 Å². The molecule has 0 radical (unpaired) electrons. The Morgan fingerprint density at radius 2 is 1.25 bits per heavy atom. The van der Waals surface area contributed by atoms with Crippen LogP contribution in [0, 0.1) is 5.92 Å². The summed E-state index contributed by atoms with van der Waals surface area (Å²) in [5.74, 6) is 0.583. The first-order chi connectivity index (χ1) is 13.3. The minimum absolute atomic E-state index is 0.00180. The van der Waals surface area contributed by atoms with Crippen molar-refractivity contribution in [2.75, 3.05) is 27.3 Å². The van der Waals surface area contributed by atoms with E-state index < -0.39 is 0 Å². The fourth-order valence-corrected chi connectivity index (χ4v) is 2.92. The van der Waals surface area contributed by atoms with Gasteiger partial charge in [0, 0.05) is 13.1 Å². The molecule has 0 atom stereocenters. The Bertz CT molecular complexity index is 789. The lowest BCUT2D eigenvalue weighted by Crippen LogP contribution is -2.35. The smallest absolute Gasteiger partial charge is 0.252 e. The Kier molecular flexibility index (Phi) is 7.96. The highest BCUT2D eigenvalue weighted by molar-refractivity contribution is 6.34. The van der Waals surface area contributed by atoms with Crippen molar-refractivity contribution in [3.05, 3.63) is 57.6 Å². The minimum Gasteiger partial charge on any atom is -0.497 e. The summed E-state index contributed by atoms with van der Waals surface area (Å²) in [6, 6.07) is 9.72. The van der Waals surface area contributed by atoms with Gasteiger partial charge in [0.1, 0.15) is 11.5 Å². The monoisotopic (exact) mass is 424 g/mol. The van der Waals surface area contributed by atoms with Crippen LogP contribution in [0.25, 0.3) is 0 Å². The van der Waals surface area contributed by atoms with E-state index in [1.165, 1.54) is 14.2 Å². The molecule has 0 aliphatic carbocycles. The second kappa shape index (κ2) is 10.2. The first kappa shape index (κ1) is 21.9. The molecule has 2 amide bonds. The van der Waals surface area contributed by atoms with Crippen molar-refractivity contribution in [1.82, 2.24) is 10.6 Å². The van der Waals surface area contributed by atoms with Crippen LogP contribution in [0.3, 0.4) is 0 Å². The van der Waals surface area contributed by atoms with Crippen molar-refractivity contribution >= 4 is 35.0 Å². The summed E-state index contributed by atoms with van der Waals surface area (Å²) < 4.78 is 10.1. The van der Waals surface area contributed by atoms with Gasteiger partial charge in [0.05, 0.1) is 35.4 Å². The number of amides is 2. The molecule has 0 saturated carbocycles. The maximum Gasteiger partial charge on any atom is 0.252 e. The predicted molar refractivity (Wildman–Crippen MR) is 110 cm³/mol. The number of benzene rings is 2. The lowest BCUT2D eigenvalue weighted by atomic mass is 10.1. The van der Waals surface area contributed by atoms with Gasteiger partial charge in [-0.25, -0.2) is 0 Å². The van der Waals surface area contributed by atoms with Gasteiger partial charge in [0.2, 0.25) is 0 Å². The Morgan fingerprint density at radius 1 is 0.857 bits per heavy atom. The van der Waals surface area contributed by atoms with E-state index in [9.17, 15) is 9.59 Å². The van der Waals surface area contributed by atoms with Crippen LogP contribution >= 0.6 is 23.2 Å². The van der Waals surface area contributed by atoms with Crippen molar-refractivity contribution in [1.29, 1.82) is 0 Å². The van der Waals surface area contributed by atoms with E-state index in [2.05, 4.69) is 10.6 Å². The molecule has 2 rings (SSSR count). The molecule has 8 heteroatoms. The lowest BCUT2D eigenvalue weighted by molar-refractivity contribution is 0.0942. The van der Waals surface area contributed by atoms with Crippen LogP contribution in [-0.4, -0.2) is 39.1 Å². The molecule has 0 aliphatic rings. The Hall–Kier alpha value is -2.44. The zero-order valence-electron chi connectivity index (χ0n) is 15.8. The Labute approximate surface area is 174 Å². The number of hydrogen-bond acceptors (Lipinski definition) is 4. The molecule has 0 aromatic heterocycles. The highest BCUT2D eigenvalue weighted by Crippen LogP contribution is 2.23. The summed E-state index contributed by atoms with van der Waals surface area (Å²) in [5, 5.41) is 6.24. The summed E-state index contributed by atoms with van der Waals surface area (Å²) in [7, 11) is 3.06. The third-order valence-electron chi connectivity index (χ3n) is 4.06. The average molecular weight is 425 g/mol. The molecule has 0 heterocycles. The minimum atomic E-state index is -0.288. The number of halogens is 2. The molecular formula is C20H22Cl2N2O4. The van der Waals surface area contributed by atoms with Crippen molar-refractivity contribution in [2.24, 2.45) is 5.92 Å². The number of carbonyl (C=O) groups excluding carboxylic acids is 2. The SMILES string of the molecule is COc1ccc(C(=O)NCC(C)CNC(=O)c2ccc(OC)cc2Cl)c(Cl)c1. The molecular weight excluding hydrogens is 403 g/mol. The molecule has 0 unspecified atom stereocenters. The van der Waals surface area contributed by atoms with Crippen LogP contribution in [0.4, 0.5) is 0 Å². The summed E-state index contributed by atoms with van der Waals surface area (Å²) >= 11 is 12.2. The number of rotatable bonds is 8. The fourth-order valence-electron chi connectivity index (χ4n) is 2.41. The normalized spacial score (nSPS) is 10.5. The maximum absolute atomic E-state index is 12.3. The average Bonchev–Trinajstić information content (AvgIpc) is 2.69. The first-order valence-electron chi connectivity index (χ1n) is 8.59. The fraction of sp³-hybridized carbons (Fsp3) is 0.300. The Morgan fingerprint density at radius 3 is 1.57 bits per heavy atom. The highest BCUT2D eigenvalue weighted by atomic mass is 35.5. The van der Waals surface area contributed by atoms with Gasteiger partial charge in [0.15, 0.2) is 0 Å². The van der Waals surface area contributed by atoms with Gasteiger partial charge in [0.25, 0.3) is 11.8 Å². The molecule has 0 bridgehead atoms. The lowest BCUT2D eigenvalue weighted by Gasteiger charge is -2.15. The largest absolute Gasteiger partial charge is 0.497 e. The van der Waals surface area contributed by atoms with E-state index in [1.54, 1.807) is 36.4 Å². The third-order valence-corrected chi connectivity index (χ3v) is 4.69. The van der Waals surface area contributed by atoms with Gasteiger partial charge in [-0.05, 0) is 42.3 Å². The zero-order chi connectivity index (χ0) is 20.7. The number of hydrogen-bond donors (Lipinski definition) is 2. The Balaban J connectivity index is 1.84. The van der Waals surface area contributed by atoms with Crippen LogP contribution in [0.5, 0.6) is 11.5 Å². The molecule has 0 aliphatic heterocycles. The number of ether oxygens (including phenoxy) is 2. The van der Waals surface area contributed by atoms with E-state index in [1.807, 2.05) is 6.92 Å². The summed E-state index contributed by atoms with van der Waals surface area (Å²) in [6.07, 6.45) is 0. The maximum atomic E-state index is 12.3. The second-order valence-corrected chi connectivity index (χ2v) is 7.03. The molecule has 0 fully saturated rings. The van der Waals surface area contributed by atoms with Gasteiger partial charge in [-0.3, -0.25) is 9.59 Å².